The quantitative estimate of drug-likeness (QED) is 0.725. The fraction of sp³-hybridized carbons (Fsp3) is 0.188. The van der Waals surface area contributed by atoms with Gasteiger partial charge in [-0.3, -0.25) is 4.79 Å². The molecule has 2 N–H and O–H groups in total. The summed E-state index contributed by atoms with van der Waals surface area (Å²) in [5.74, 6) is 0. The molecule has 0 saturated carbocycles. The maximum absolute atomic E-state index is 12.4. The predicted octanol–water partition coefficient (Wildman–Crippen LogP) is 3.30. The highest BCUT2D eigenvalue weighted by Crippen LogP contribution is 2.25. The third-order valence-electron chi connectivity index (χ3n) is 3.20. The van der Waals surface area contributed by atoms with Crippen LogP contribution in [0.15, 0.2) is 47.3 Å². The molecule has 96 valence electrons. The average molecular weight is 269 g/mol. The molecule has 0 saturated heterocycles. The summed E-state index contributed by atoms with van der Waals surface area (Å²) in [6.07, 6.45) is 0.837. The SMILES string of the molecule is CC(N)Cc1ccc2c(=O)c3ccccc3sc2c1. The van der Waals surface area contributed by atoms with Gasteiger partial charge in [-0.15, -0.1) is 11.3 Å². The van der Waals surface area contributed by atoms with Crippen molar-refractivity contribution in [3.05, 3.63) is 58.3 Å². The zero-order valence-corrected chi connectivity index (χ0v) is 11.5. The molecule has 0 bridgehead atoms. The fourth-order valence-electron chi connectivity index (χ4n) is 2.34. The summed E-state index contributed by atoms with van der Waals surface area (Å²) < 4.78 is 2.08. The molecule has 0 amide bonds. The van der Waals surface area contributed by atoms with Gasteiger partial charge in [0.15, 0.2) is 5.43 Å². The molecule has 3 rings (SSSR count). The van der Waals surface area contributed by atoms with Crippen LogP contribution in [-0.4, -0.2) is 6.04 Å². The summed E-state index contributed by atoms with van der Waals surface area (Å²) in [7, 11) is 0. The van der Waals surface area contributed by atoms with Crippen LogP contribution in [0, 0.1) is 0 Å². The Hall–Kier alpha value is -1.71. The fourth-order valence-corrected chi connectivity index (χ4v) is 3.48. The first-order valence-corrected chi connectivity index (χ1v) is 7.17. The van der Waals surface area contributed by atoms with Gasteiger partial charge in [-0.1, -0.05) is 18.2 Å². The lowest BCUT2D eigenvalue weighted by Crippen LogP contribution is -2.17. The summed E-state index contributed by atoms with van der Waals surface area (Å²) in [5.41, 5.74) is 7.14. The van der Waals surface area contributed by atoms with Crippen LogP contribution in [0.3, 0.4) is 0 Å². The van der Waals surface area contributed by atoms with E-state index in [9.17, 15) is 4.79 Å². The van der Waals surface area contributed by atoms with Gasteiger partial charge in [0.25, 0.3) is 0 Å². The van der Waals surface area contributed by atoms with E-state index < -0.39 is 0 Å². The Morgan fingerprint density at radius 3 is 2.63 bits per heavy atom. The minimum absolute atomic E-state index is 0.122. The normalized spacial score (nSPS) is 12.9. The first-order chi connectivity index (χ1) is 9.15. The first-order valence-electron chi connectivity index (χ1n) is 6.35. The van der Waals surface area contributed by atoms with E-state index in [1.165, 1.54) is 5.56 Å². The van der Waals surface area contributed by atoms with Crippen LogP contribution in [0.5, 0.6) is 0 Å². The lowest BCUT2D eigenvalue weighted by molar-refractivity contribution is 0.739. The first kappa shape index (κ1) is 12.3. The summed E-state index contributed by atoms with van der Waals surface area (Å²) in [6, 6.07) is 13.9. The van der Waals surface area contributed by atoms with Crippen molar-refractivity contribution in [2.24, 2.45) is 5.73 Å². The largest absolute Gasteiger partial charge is 0.328 e. The maximum Gasteiger partial charge on any atom is 0.195 e. The molecule has 19 heavy (non-hydrogen) atoms. The molecule has 1 heterocycles. The highest BCUT2D eigenvalue weighted by molar-refractivity contribution is 7.24. The molecule has 0 aliphatic rings. The van der Waals surface area contributed by atoms with Gasteiger partial charge in [0, 0.05) is 26.2 Å². The van der Waals surface area contributed by atoms with Crippen LogP contribution >= 0.6 is 11.3 Å². The zero-order chi connectivity index (χ0) is 13.4. The predicted molar refractivity (Wildman–Crippen MR) is 83.0 cm³/mol. The number of fused-ring (bicyclic) bond motifs is 2. The molecule has 0 aliphatic heterocycles. The van der Waals surface area contributed by atoms with Crippen LogP contribution < -0.4 is 11.2 Å². The van der Waals surface area contributed by atoms with Crippen molar-refractivity contribution in [2.45, 2.75) is 19.4 Å². The number of hydrogen-bond acceptors (Lipinski definition) is 3. The van der Waals surface area contributed by atoms with Gasteiger partial charge >= 0.3 is 0 Å². The van der Waals surface area contributed by atoms with Crippen molar-refractivity contribution < 1.29 is 0 Å². The second-order valence-electron chi connectivity index (χ2n) is 4.94. The number of hydrogen-bond donors (Lipinski definition) is 1. The Bertz CT molecular complexity index is 805. The van der Waals surface area contributed by atoms with Crippen LogP contribution in [0.25, 0.3) is 20.2 Å². The van der Waals surface area contributed by atoms with Crippen LogP contribution in [0.2, 0.25) is 0 Å². The van der Waals surface area contributed by atoms with Crippen molar-refractivity contribution in [3.63, 3.8) is 0 Å². The van der Waals surface area contributed by atoms with Gasteiger partial charge in [-0.2, -0.15) is 0 Å². The van der Waals surface area contributed by atoms with Gasteiger partial charge in [0.1, 0.15) is 0 Å². The van der Waals surface area contributed by atoms with Crippen molar-refractivity contribution in [1.82, 2.24) is 0 Å². The molecule has 1 aromatic heterocycles. The van der Waals surface area contributed by atoms with E-state index in [0.717, 1.165) is 26.6 Å². The van der Waals surface area contributed by atoms with E-state index in [4.69, 9.17) is 5.73 Å². The highest BCUT2D eigenvalue weighted by Gasteiger charge is 2.06. The number of nitrogens with two attached hydrogens (primary N) is 1. The van der Waals surface area contributed by atoms with Crippen molar-refractivity contribution in [2.75, 3.05) is 0 Å². The molecule has 1 unspecified atom stereocenters. The van der Waals surface area contributed by atoms with Gasteiger partial charge < -0.3 is 5.73 Å². The van der Waals surface area contributed by atoms with E-state index >= 15 is 0 Å². The average Bonchev–Trinajstić information content (AvgIpc) is 2.38. The molecule has 3 aromatic rings. The molecular formula is C16H15NOS. The zero-order valence-electron chi connectivity index (χ0n) is 10.7. The van der Waals surface area contributed by atoms with E-state index in [0.29, 0.717) is 0 Å². The minimum Gasteiger partial charge on any atom is -0.328 e. The molecule has 0 fully saturated rings. The van der Waals surface area contributed by atoms with Gasteiger partial charge in [-0.05, 0) is 43.2 Å². The maximum atomic E-state index is 12.4. The molecular weight excluding hydrogens is 254 g/mol. The lowest BCUT2D eigenvalue weighted by atomic mass is 10.1. The minimum atomic E-state index is 0.122. The van der Waals surface area contributed by atoms with E-state index in [2.05, 4.69) is 6.07 Å². The van der Waals surface area contributed by atoms with Gasteiger partial charge in [0.2, 0.25) is 0 Å². The second-order valence-corrected chi connectivity index (χ2v) is 6.02. The smallest absolute Gasteiger partial charge is 0.195 e. The molecule has 1 atom stereocenters. The highest BCUT2D eigenvalue weighted by atomic mass is 32.1. The molecule has 0 spiro atoms. The Morgan fingerprint density at radius 2 is 1.84 bits per heavy atom. The molecule has 3 heteroatoms. The van der Waals surface area contributed by atoms with E-state index in [1.807, 2.05) is 43.3 Å². The van der Waals surface area contributed by atoms with Crippen molar-refractivity contribution in [3.8, 4) is 0 Å². The Balaban J connectivity index is 2.29. The second kappa shape index (κ2) is 4.76. The van der Waals surface area contributed by atoms with Crippen molar-refractivity contribution >= 4 is 31.5 Å². The number of rotatable bonds is 2. The van der Waals surface area contributed by atoms with Crippen LogP contribution in [0.4, 0.5) is 0 Å². The van der Waals surface area contributed by atoms with Crippen molar-refractivity contribution in [1.29, 1.82) is 0 Å². The van der Waals surface area contributed by atoms with Crippen LogP contribution in [-0.2, 0) is 6.42 Å². The molecule has 2 aromatic carbocycles. The Labute approximate surface area is 115 Å². The summed E-state index contributed by atoms with van der Waals surface area (Å²) >= 11 is 1.67. The third-order valence-corrected chi connectivity index (χ3v) is 4.33. The Kier molecular flexibility index (Phi) is 3.09. The van der Waals surface area contributed by atoms with Gasteiger partial charge in [0.05, 0.1) is 0 Å². The lowest BCUT2D eigenvalue weighted by Gasteiger charge is -2.07. The summed E-state index contributed by atoms with van der Waals surface area (Å²) in [4.78, 5) is 12.4. The van der Waals surface area contributed by atoms with E-state index in [-0.39, 0.29) is 11.5 Å². The third kappa shape index (κ3) is 2.27. The number of benzene rings is 2. The molecule has 2 nitrogen and oxygen atoms in total. The van der Waals surface area contributed by atoms with Crippen LogP contribution in [0.1, 0.15) is 12.5 Å². The van der Waals surface area contributed by atoms with Gasteiger partial charge in [-0.25, -0.2) is 0 Å². The summed E-state index contributed by atoms with van der Waals surface area (Å²) in [6.45, 7) is 1.99. The topological polar surface area (TPSA) is 43.1 Å². The standard InChI is InChI=1S/C16H15NOS/c1-10(17)8-11-6-7-13-15(9-11)19-14-5-3-2-4-12(14)16(13)18/h2-7,9-10H,8,17H2,1H3. The monoisotopic (exact) mass is 269 g/mol. The van der Waals surface area contributed by atoms with E-state index in [1.54, 1.807) is 11.3 Å². The molecule has 0 radical (unpaired) electrons. The molecule has 0 aliphatic carbocycles. The Morgan fingerprint density at radius 1 is 1.11 bits per heavy atom. The summed E-state index contributed by atoms with van der Waals surface area (Å²) in [5, 5.41) is 1.61.